The predicted octanol–water partition coefficient (Wildman–Crippen LogP) is 1.46. The average Bonchev–Trinajstić information content (AvgIpc) is 3.31. The average molecular weight is 478 g/mol. The highest BCUT2D eigenvalue weighted by molar-refractivity contribution is 5.81. The van der Waals surface area contributed by atoms with Gasteiger partial charge in [-0.2, -0.15) is 0 Å². The van der Waals surface area contributed by atoms with Gasteiger partial charge in [-0.15, -0.1) is 0 Å². The lowest BCUT2D eigenvalue weighted by Crippen LogP contribution is -2.66. The first-order valence-corrected chi connectivity index (χ1v) is 14.0. The molecule has 5 rings (SSSR count). The van der Waals surface area contributed by atoms with Crippen LogP contribution in [0.1, 0.15) is 71.1 Å². The van der Waals surface area contributed by atoms with Crippen LogP contribution in [-0.4, -0.2) is 75.4 Å². The molecule has 3 heterocycles. The van der Waals surface area contributed by atoms with Crippen LogP contribution in [0.4, 0.5) is 0 Å². The van der Waals surface area contributed by atoms with Gasteiger partial charge in [-0.3, -0.25) is 20.7 Å². The maximum absolute atomic E-state index is 13.0. The summed E-state index contributed by atoms with van der Waals surface area (Å²) in [5.74, 6) is 1.91. The van der Waals surface area contributed by atoms with Crippen molar-refractivity contribution in [3.05, 3.63) is 0 Å². The normalized spacial score (nSPS) is 45.5. The van der Waals surface area contributed by atoms with Crippen LogP contribution in [0.25, 0.3) is 0 Å². The first-order valence-electron chi connectivity index (χ1n) is 14.0. The van der Waals surface area contributed by atoms with Gasteiger partial charge in [-0.1, -0.05) is 19.8 Å². The molecule has 3 saturated heterocycles. The summed E-state index contributed by atoms with van der Waals surface area (Å²) in [5.41, 5.74) is 0. The molecule has 2 saturated carbocycles. The monoisotopic (exact) mass is 477 g/mol. The molecule has 0 aromatic carbocycles. The molecule has 1 amide bonds. The first-order chi connectivity index (χ1) is 16.6. The summed E-state index contributed by atoms with van der Waals surface area (Å²) in [5, 5.41) is 18.2. The lowest BCUT2D eigenvalue weighted by molar-refractivity contribution is -0.133. The fourth-order valence-electron chi connectivity index (χ4n) is 7.16. The molecule has 3 aliphatic heterocycles. The summed E-state index contributed by atoms with van der Waals surface area (Å²) in [6.45, 7) is 5.38. The minimum absolute atomic E-state index is 0.116. The molecule has 194 valence electrons. The van der Waals surface area contributed by atoms with Gasteiger partial charge in [-0.25, -0.2) is 0 Å². The highest BCUT2D eigenvalue weighted by atomic mass is 16.5. The van der Waals surface area contributed by atoms with E-state index >= 15 is 0 Å². The molecule has 0 aromatic heterocycles. The Kier molecular flexibility index (Phi) is 8.44. The van der Waals surface area contributed by atoms with Crippen molar-refractivity contribution < 1.29 is 14.3 Å². The van der Waals surface area contributed by atoms with Crippen molar-refractivity contribution in [2.24, 2.45) is 17.8 Å². The van der Waals surface area contributed by atoms with Crippen LogP contribution in [0.15, 0.2) is 0 Å². The lowest BCUT2D eigenvalue weighted by atomic mass is 9.82. The zero-order valence-corrected chi connectivity index (χ0v) is 21.2. The van der Waals surface area contributed by atoms with Gasteiger partial charge in [0.15, 0.2) is 0 Å². The lowest BCUT2D eigenvalue weighted by Gasteiger charge is -2.43. The number of rotatable bonds is 6. The van der Waals surface area contributed by atoms with Crippen LogP contribution >= 0.6 is 0 Å². The van der Waals surface area contributed by atoms with Crippen molar-refractivity contribution in [1.29, 1.82) is 0 Å². The Morgan fingerprint density at radius 2 is 1.88 bits per heavy atom. The second-order valence-electron chi connectivity index (χ2n) is 11.7. The Bertz CT molecular complexity index is 667. The van der Waals surface area contributed by atoms with Gasteiger partial charge in [0.2, 0.25) is 5.91 Å². The van der Waals surface area contributed by atoms with E-state index in [0.29, 0.717) is 42.0 Å². The van der Waals surface area contributed by atoms with E-state index < -0.39 is 0 Å². The van der Waals surface area contributed by atoms with E-state index in [0.717, 1.165) is 64.6 Å². The Balaban J connectivity index is 1.10. The van der Waals surface area contributed by atoms with E-state index in [1.165, 1.54) is 19.3 Å². The fourth-order valence-corrected chi connectivity index (χ4v) is 7.16. The molecule has 5 aliphatic rings. The van der Waals surface area contributed by atoms with Crippen molar-refractivity contribution in [3.63, 3.8) is 0 Å². The third-order valence-electron chi connectivity index (χ3n) is 9.34. The number of carbonyl (C=O) groups excluding carboxylic acids is 1. The second kappa shape index (κ2) is 11.5. The Hall–Kier alpha value is -0.770. The largest absolute Gasteiger partial charge is 0.380 e. The molecule has 0 bridgehead atoms. The van der Waals surface area contributed by atoms with Gasteiger partial charge < -0.3 is 20.1 Å². The fraction of sp³-hybridized carbons (Fsp3) is 0.962. The number of hydrogen-bond donors (Lipinski definition) is 5. The van der Waals surface area contributed by atoms with E-state index in [1.54, 1.807) is 0 Å². The number of nitrogens with one attached hydrogen (secondary N) is 5. The summed E-state index contributed by atoms with van der Waals surface area (Å²) < 4.78 is 11.8. The zero-order chi connectivity index (χ0) is 23.5. The number of methoxy groups -OCH3 is 1. The minimum atomic E-state index is -0.235. The molecular weight excluding hydrogens is 430 g/mol. The van der Waals surface area contributed by atoms with E-state index in [-0.39, 0.29) is 24.3 Å². The summed E-state index contributed by atoms with van der Waals surface area (Å²) in [6.07, 6.45) is 11.8. The summed E-state index contributed by atoms with van der Waals surface area (Å²) in [7, 11) is 1.82. The zero-order valence-electron chi connectivity index (χ0n) is 21.2. The van der Waals surface area contributed by atoms with Crippen LogP contribution in [0.2, 0.25) is 0 Å². The standard InChI is InChI=1S/C26H47N5O3/c1-16-7-8-19(29-25(32)24-12-17-5-3-4-6-23(17)34-24)13-22(16)31-26-28-10-9-21(30-26)18-11-20(33-2)15-27-14-18/h16-24,26-28,30-31H,3-15H2,1-2H3,(H,29,32). The maximum atomic E-state index is 13.0. The third kappa shape index (κ3) is 5.95. The van der Waals surface area contributed by atoms with Crippen LogP contribution in [0.5, 0.6) is 0 Å². The molecule has 10 unspecified atom stereocenters. The molecule has 0 spiro atoms. The number of fused-ring (bicyclic) bond motifs is 1. The van der Waals surface area contributed by atoms with Gasteiger partial charge >= 0.3 is 0 Å². The first kappa shape index (κ1) is 24.9. The van der Waals surface area contributed by atoms with Gasteiger partial charge in [0.1, 0.15) is 12.4 Å². The smallest absolute Gasteiger partial charge is 0.249 e. The van der Waals surface area contributed by atoms with Gasteiger partial charge in [0, 0.05) is 31.8 Å². The number of ether oxygens (including phenoxy) is 2. The molecule has 10 atom stereocenters. The number of piperidine rings is 1. The van der Waals surface area contributed by atoms with Crippen molar-refractivity contribution >= 4 is 5.91 Å². The van der Waals surface area contributed by atoms with Gasteiger partial charge in [0.05, 0.1) is 12.2 Å². The number of amides is 1. The summed E-state index contributed by atoms with van der Waals surface area (Å²) >= 11 is 0. The van der Waals surface area contributed by atoms with E-state index in [9.17, 15) is 4.79 Å². The minimum Gasteiger partial charge on any atom is -0.380 e. The Labute approximate surface area is 205 Å². The third-order valence-corrected chi connectivity index (χ3v) is 9.34. The predicted molar refractivity (Wildman–Crippen MR) is 132 cm³/mol. The van der Waals surface area contributed by atoms with Crippen LogP contribution < -0.4 is 26.6 Å². The van der Waals surface area contributed by atoms with E-state index in [2.05, 4.69) is 33.5 Å². The van der Waals surface area contributed by atoms with Crippen molar-refractivity contribution in [2.45, 2.75) is 114 Å². The van der Waals surface area contributed by atoms with Gasteiger partial charge in [-0.05, 0) is 82.2 Å². The molecule has 5 N–H and O–H groups in total. The highest BCUT2D eigenvalue weighted by Gasteiger charge is 2.41. The molecule has 0 aromatic rings. The topological polar surface area (TPSA) is 95.7 Å². The van der Waals surface area contributed by atoms with Crippen molar-refractivity contribution in [2.75, 3.05) is 26.7 Å². The summed E-state index contributed by atoms with van der Waals surface area (Å²) in [6, 6.07) is 1.10. The molecule has 0 radical (unpaired) electrons. The molecule has 5 fully saturated rings. The number of hydrogen-bond acceptors (Lipinski definition) is 7. The number of carbonyl (C=O) groups is 1. The van der Waals surface area contributed by atoms with Gasteiger partial charge in [0.25, 0.3) is 0 Å². The Morgan fingerprint density at radius 1 is 1.00 bits per heavy atom. The van der Waals surface area contributed by atoms with Crippen molar-refractivity contribution in [3.8, 4) is 0 Å². The maximum Gasteiger partial charge on any atom is 0.249 e. The molecule has 8 heteroatoms. The second-order valence-corrected chi connectivity index (χ2v) is 11.7. The molecule has 8 nitrogen and oxygen atoms in total. The quantitative estimate of drug-likeness (QED) is 0.395. The molecule has 2 aliphatic carbocycles. The van der Waals surface area contributed by atoms with Crippen molar-refractivity contribution in [1.82, 2.24) is 26.6 Å². The molecule has 34 heavy (non-hydrogen) atoms. The van der Waals surface area contributed by atoms with Crippen LogP contribution in [0, 0.1) is 17.8 Å². The summed E-state index contributed by atoms with van der Waals surface area (Å²) in [4.78, 5) is 13.0. The SMILES string of the molecule is COC1CNCC(C2CCNC(NC3CC(NC(=O)C4CC5CCCCC5O4)CCC3C)N2)C1. The van der Waals surface area contributed by atoms with E-state index in [1.807, 2.05) is 7.11 Å². The van der Waals surface area contributed by atoms with E-state index in [4.69, 9.17) is 9.47 Å². The van der Waals surface area contributed by atoms with Crippen LogP contribution in [-0.2, 0) is 14.3 Å². The van der Waals surface area contributed by atoms with Crippen LogP contribution in [0.3, 0.4) is 0 Å². The highest BCUT2D eigenvalue weighted by Crippen LogP contribution is 2.37. The molecular formula is C26H47N5O3. The Morgan fingerprint density at radius 3 is 2.74 bits per heavy atom.